The molecule has 2 atom stereocenters. The number of hydrogen-bond acceptors (Lipinski definition) is 4. The van der Waals surface area contributed by atoms with Crippen LogP contribution >= 0.6 is 0 Å². The highest BCUT2D eigenvalue weighted by Gasteiger charge is 2.63. The molecule has 0 spiro atoms. The van der Waals surface area contributed by atoms with Crippen molar-refractivity contribution in [1.82, 2.24) is 4.90 Å². The minimum Gasteiger partial charge on any atom is -0.481 e. The summed E-state index contributed by atoms with van der Waals surface area (Å²) in [6, 6.07) is -1.81. The van der Waals surface area contributed by atoms with Crippen LogP contribution < -0.4 is 0 Å². The predicted molar refractivity (Wildman–Crippen MR) is 65.3 cm³/mol. The van der Waals surface area contributed by atoms with Crippen molar-refractivity contribution in [1.29, 1.82) is 0 Å². The number of carboxylic acid groups (broad SMARTS) is 3. The van der Waals surface area contributed by atoms with Gasteiger partial charge in [0.15, 0.2) is 5.78 Å². The van der Waals surface area contributed by atoms with Gasteiger partial charge >= 0.3 is 18.0 Å². The average Bonchev–Trinajstić information content (AvgIpc) is 2.24. The highest BCUT2D eigenvalue weighted by molar-refractivity contribution is 5.98. The van der Waals surface area contributed by atoms with Crippen molar-refractivity contribution in [2.24, 2.45) is 10.8 Å². The molecule has 0 unspecified atom stereocenters. The zero-order valence-electron chi connectivity index (χ0n) is 11.4. The molecule has 112 valence electrons. The fourth-order valence-corrected chi connectivity index (χ4v) is 2.72. The smallest absolute Gasteiger partial charge is 0.408 e. The zero-order chi connectivity index (χ0) is 15.9. The van der Waals surface area contributed by atoms with E-state index in [1.165, 1.54) is 20.8 Å². The normalized spacial score (nSPS) is 27.2. The maximum atomic E-state index is 11.8. The number of hydrogen-bond donors (Lipinski definition) is 3. The van der Waals surface area contributed by atoms with Crippen LogP contribution in [0.3, 0.4) is 0 Å². The van der Waals surface area contributed by atoms with Crippen LogP contribution in [-0.2, 0) is 14.4 Å². The standard InChI is InChI=1S/C12H17NO7/c1-11(2,3)12(9(17)18)4-6(14)5-13(10(19)20)7(12)8(15)16/h7H,4-5H2,1-3H3,(H,15,16)(H,17,18)(H,19,20)/t7-,12+/m1/s1. The first-order valence-corrected chi connectivity index (χ1v) is 5.92. The highest BCUT2D eigenvalue weighted by atomic mass is 16.4. The molecule has 1 fully saturated rings. The van der Waals surface area contributed by atoms with Gasteiger partial charge in [0.25, 0.3) is 0 Å². The molecule has 1 aliphatic heterocycles. The van der Waals surface area contributed by atoms with Crippen molar-refractivity contribution in [3.8, 4) is 0 Å². The van der Waals surface area contributed by atoms with E-state index in [4.69, 9.17) is 5.11 Å². The Kier molecular flexibility index (Phi) is 3.80. The molecule has 0 aromatic carbocycles. The van der Waals surface area contributed by atoms with E-state index in [1.807, 2.05) is 0 Å². The SMILES string of the molecule is CC(C)(C)[C@@]1(C(=O)O)CC(=O)CN(C(=O)O)[C@@H]1C(=O)O. The molecule has 8 heteroatoms. The first kappa shape index (κ1) is 15.9. The Hall–Kier alpha value is -2.12. The van der Waals surface area contributed by atoms with Gasteiger partial charge in [-0.05, 0) is 5.41 Å². The summed E-state index contributed by atoms with van der Waals surface area (Å²) in [6.07, 6.45) is -2.13. The number of aliphatic carboxylic acids is 2. The average molecular weight is 287 g/mol. The summed E-state index contributed by atoms with van der Waals surface area (Å²) in [4.78, 5) is 46.5. The third-order valence-corrected chi connectivity index (χ3v) is 3.80. The van der Waals surface area contributed by atoms with Gasteiger partial charge in [-0.3, -0.25) is 14.5 Å². The summed E-state index contributed by atoms with van der Waals surface area (Å²) in [5.74, 6) is -3.67. The van der Waals surface area contributed by atoms with Gasteiger partial charge in [0.2, 0.25) is 0 Å². The molecule has 0 radical (unpaired) electrons. The number of nitrogens with zero attached hydrogens (tertiary/aromatic N) is 1. The summed E-state index contributed by atoms with van der Waals surface area (Å²) in [5.41, 5.74) is -3.13. The third-order valence-electron chi connectivity index (χ3n) is 3.80. The molecule has 1 heterocycles. The van der Waals surface area contributed by atoms with Crippen molar-refractivity contribution in [2.45, 2.75) is 33.2 Å². The number of Topliss-reactive ketones (excluding diaryl/α,β-unsaturated/α-hetero) is 1. The molecule has 3 N–H and O–H groups in total. The first-order valence-electron chi connectivity index (χ1n) is 5.92. The van der Waals surface area contributed by atoms with E-state index < -0.39 is 53.7 Å². The van der Waals surface area contributed by atoms with Gasteiger partial charge in [-0.2, -0.15) is 0 Å². The van der Waals surface area contributed by atoms with Crippen molar-refractivity contribution >= 4 is 23.8 Å². The molecule has 0 bridgehead atoms. The largest absolute Gasteiger partial charge is 0.481 e. The highest BCUT2D eigenvalue weighted by Crippen LogP contribution is 2.49. The maximum absolute atomic E-state index is 11.8. The minimum absolute atomic E-state index is 0.396. The summed E-state index contributed by atoms with van der Waals surface area (Å²) in [6.45, 7) is 3.83. The Morgan fingerprint density at radius 3 is 2.00 bits per heavy atom. The number of carbonyl (C=O) groups is 4. The predicted octanol–water partition coefficient (Wildman–Crippen LogP) is 0.509. The van der Waals surface area contributed by atoms with E-state index in [-0.39, 0.29) is 0 Å². The molecular weight excluding hydrogens is 270 g/mol. The van der Waals surface area contributed by atoms with E-state index in [2.05, 4.69) is 0 Å². The topological polar surface area (TPSA) is 132 Å². The lowest BCUT2D eigenvalue weighted by Gasteiger charge is -2.50. The summed E-state index contributed by atoms with van der Waals surface area (Å²) in [5, 5.41) is 27.9. The molecule has 1 saturated heterocycles. The van der Waals surface area contributed by atoms with Crippen LogP contribution in [0.4, 0.5) is 4.79 Å². The van der Waals surface area contributed by atoms with E-state index in [1.54, 1.807) is 0 Å². The van der Waals surface area contributed by atoms with Crippen LogP contribution in [-0.4, -0.2) is 56.6 Å². The summed E-state index contributed by atoms with van der Waals surface area (Å²) in [7, 11) is 0. The molecule has 8 nitrogen and oxygen atoms in total. The fraction of sp³-hybridized carbons (Fsp3) is 0.667. The van der Waals surface area contributed by atoms with Crippen LogP contribution in [0.2, 0.25) is 0 Å². The molecule has 1 rings (SSSR count). The zero-order valence-corrected chi connectivity index (χ0v) is 11.4. The fourth-order valence-electron chi connectivity index (χ4n) is 2.72. The van der Waals surface area contributed by atoms with Crippen molar-refractivity contribution in [3.63, 3.8) is 0 Å². The van der Waals surface area contributed by atoms with E-state index in [9.17, 15) is 29.4 Å². The lowest BCUT2D eigenvalue weighted by atomic mass is 9.58. The molecule has 0 aromatic rings. The third kappa shape index (κ3) is 2.21. The monoisotopic (exact) mass is 287 g/mol. The number of piperidine rings is 1. The van der Waals surface area contributed by atoms with Gasteiger partial charge in [0.1, 0.15) is 11.5 Å². The molecule has 0 aromatic heterocycles. The van der Waals surface area contributed by atoms with Crippen LogP contribution in [0.1, 0.15) is 27.2 Å². The van der Waals surface area contributed by atoms with E-state index in [0.29, 0.717) is 4.90 Å². The lowest BCUT2D eigenvalue weighted by Crippen LogP contribution is -2.67. The van der Waals surface area contributed by atoms with Crippen LogP contribution in [0, 0.1) is 10.8 Å². The maximum Gasteiger partial charge on any atom is 0.408 e. The number of carboxylic acids is 2. The van der Waals surface area contributed by atoms with Crippen molar-refractivity contribution in [3.05, 3.63) is 0 Å². The number of ketones is 1. The molecule has 1 amide bonds. The van der Waals surface area contributed by atoms with Gasteiger partial charge in [0.05, 0.1) is 6.54 Å². The van der Waals surface area contributed by atoms with Gasteiger partial charge in [0, 0.05) is 6.42 Å². The Bertz CT molecular complexity index is 479. The van der Waals surface area contributed by atoms with Gasteiger partial charge < -0.3 is 15.3 Å². The second-order valence-electron chi connectivity index (χ2n) is 5.89. The number of rotatable bonds is 2. The van der Waals surface area contributed by atoms with Crippen molar-refractivity contribution < 1.29 is 34.5 Å². The Morgan fingerprint density at radius 1 is 1.20 bits per heavy atom. The summed E-state index contributed by atoms with van der Waals surface area (Å²) < 4.78 is 0. The van der Waals surface area contributed by atoms with Crippen LogP contribution in [0.25, 0.3) is 0 Å². The quantitative estimate of drug-likeness (QED) is 0.674. The minimum atomic E-state index is -2.01. The van der Waals surface area contributed by atoms with E-state index >= 15 is 0 Å². The lowest BCUT2D eigenvalue weighted by molar-refractivity contribution is -0.180. The number of carbonyl (C=O) groups excluding carboxylic acids is 1. The Balaban J connectivity index is 3.58. The number of amides is 1. The Labute approximate surface area is 115 Å². The summed E-state index contributed by atoms with van der Waals surface area (Å²) >= 11 is 0. The van der Waals surface area contributed by atoms with Crippen LogP contribution in [0.5, 0.6) is 0 Å². The molecule has 1 aliphatic rings. The number of likely N-dealkylation sites (tertiary alicyclic amines) is 1. The molecule has 20 heavy (non-hydrogen) atoms. The van der Waals surface area contributed by atoms with Crippen LogP contribution in [0.15, 0.2) is 0 Å². The van der Waals surface area contributed by atoms with Gasteiger partial charge in [-0.15, -0.1) is 0 Å². The molecule has 0 aliphatic carbocycles. The second-order valence-corrected chi connectivity index (χ2v) is 5.89. The van der Waals surface area contributed by atoms with Gasteiger partial charge in [-0.1, -0.05) is 20.8 Å². The van der Waals surface area contributed by atoms with Crippen molar-refractivity contribution in [2.75, 3.05) is 6.54 Å². The second kappa shape index (κ2) is 4.77. The Morgan fingerprint density at radius 2 is 1.70 bits per heavy atom. The van der Waals surface area contributed by atoms with Gasteiger partial charge in [-0.25, -0.2) is 9.59 Å². The van der Waals surface area contributed by atoms with E-state index in [0.717, 1.165) is 0 Å². The molecular formula is C12H17NO7. The first-order chi connectivity index (χ1) is 8.95. The molecule has 0 saturated carbocycles.